The van der Waals surface area contributed by atoms with Crippen LogP contribution in [0.4, 0.5) is 0 Å². The zero-order valence-electron chi connectivity index (χ0n) is 11.1. The molecule has 0 heterocycles. The molecule has 3 nitrogen and oxygen atoms in total. The first-order chi connectivity index (χ1) is 9.26. The number of rotatable bonds is 5. The Kier molecular flexibility index (Phi) is 4.38. The van der Waals surface area contributed by atoms with Gasteiger partial charge in [0.15, 0.2) is 0 Å². The van der Waals surface area contributed by atoms with Crippen LogP contribution >= 0.6 is 0 Å². The Hall–Kier alpha value is -2.05. The van der Waals surface area contributed by atoms with Gasteiger partial charge in [-0.1, -0.05) is 37.3 Å². The molecule has 0 fully saturated rings. The molecule has 0 aromatic heterocycles. The summed E-state index contributed by atoms with van der Waals surface area (Å²) in [6.45, 7) is 2.63. The number of nitrogens with zero attached hydrogens (tertiary/aromatic N) is 1. The van der Waals surface area contributed by atoms with Crippen LogP contribution in [0.5, 0.6) is 5.75 Å². The van der Waals surface area contributed by atoms with Gasteiger partial charge < -0.3 is 10.4 Å². The quantitative estimate of drug-likeness (QED) is 0.860. The van der Waals surface area contributed by atoms with E-state index in [4.69, 9.17) is 5.26 Å². The fourth-order valence-electron chi connectivity index (χ4n) is 2.23. The summed E-state index contributed by atoms with van der Waals surface area (Å²) >= 11 is 0. The fraction of sp³-hybridized carbons (Fsp3) is 0.312. The SMILES string of the molecule is CCC(CC#N)NCc1c(O)ccc2ccccc12. The monoisotopic (exact) mass is 254 g/mol. The smallest absolute Gasteiger partial charge is 0.120 e. The molecule has 3 heteroatoms. The average Bonchev–Trinajstić information content (AvgIpc) is 2.45. The van der Waals surface area contributed by atoms with Crippen molar-refractivity contribution in [2.24, 2.45) is 0 Å². The highest BCUT2D eigenvalue weighted by Crippen LogP contribution is 2.27. The number of nitrogens with one attached hydrogen (secondary N) is 1. The molecule has 0 bridgehead atoms. The molecular weight excluding hydrogens is 236 g/mol. The van der Waals surface area contributed by atoms with Crippen molar-refractivity contribution in [1.29, 1.82) is 5.26 Å². The van der Waals surface area contributed by atoms with Gasteiger partial charge >= 0.3 is 0 Å². The number of aromatic hydroxyl groups is 1. The van der Waals surface area contributed by atoms with Crippen LogP contribution in [0, 0.1) is 11.3 Å². The minimum atomic E-state index is 0.170. The molecule has 1 atom stereocenters. The molecule has 2 aromatic rings. The molecule has 0 aliphatic heterocycles. The number of hydrogen-bond donors (Lipinski definition) is 2. The van der Waals surface area contributed by atoms with Gasteiger partial charge in [0.25, 0.3) is 0 Å². The Labute approximate surface area is 113 Å². The van der Waals surface area contributed by atoms with Gasteiger partial charge in [-0.2, -0.15) is 5.26 Å². The van der Waals surface area contributed by atoms with Gasteiger partial charge in [0.05, 0.1) is 12.5 Å². The number of hydrogen-bond acceptors (Lipinski definition) is 3. The van der Waals surface area contributed by atoms with E-state index in [1.54, 1.807) is 6.07 Å². The first-order valence-electron chi connectivity index (χ1n) is 6.56. The molecule has 2 rings (SSSR count). The molecule has 2 aromatic carbocycles. The molecule has 0 aliphatic carbocycles. The third-order valence-electron chi connectivity index (χ3n) is 3.41. The zero-order valence-corrected chi connectivity index (χ0v) is 11.1. The summed E-state index contributed by atoms with van der Waals surface area (Å²) in [5.41, 5.74) is 0.898. The Balaban J connectivity index is 2.25. The summed E-state index contributed by atoms with van der Waals surface area (Å²) in [4.78, 5) is 0. The summed E-state index contributed by atoms with van der Waals surface area (Å²) in [5, 5.41) is 24.3. The van der Waals surface area contributed by atoms with E-state index in [9.17, 15) is 5.11 Å². The first kappa shape index (κ1) is 13.4. The van der Waals surface area contributed by atoms with Crippen LogP contribution in [-0.4, -0.2) is 11.1 Å². The Morgan fingerprint density at radius 3 is 2.79 bits per heavy atom. The van der Waals surface area contributed by atoms with Crippen molar-refractivity contribution in [3.05, 3.63) is 42.0 Å². The predicted molar refractivity (Wildman–Crippen MR) is 76.8 cm³/mol. The van der Waals surface area contributed by atoms with Gasteiger partial charge in [-0.25, -0.2) is 0 Å². The average molecular weight is 254 g/mol. The molecule has 2 N–H and O–H groups in total. The Morgan fingerprint density at radius 2 is 2.05 bits per heavy atom. The Bertz CT molecular complexity index is 601. The van der Waals surface area contributed by atoms with Crippen LogP contribution in [-0.2, 0) is 6.54 Å². The van der Waals surface area contributed by atoms with Crippen LogP contribution in [0.2, 0.25) is 0 Å². The minimum absolute atomic E-state index is 0.170. The van der Waals surface area contributed by atoms with E-state index in [2.05, 4.69) is 18.3 Å². The third-order valence-corrected chi connectivity index (χ3v) is 3.41. The second-order valence-corrected chi connectivity index (χ2v) is 4.63. The minimum Gasteiger partial charge on any atom is -0.508 e. The number of fused-ring (bicyclic) bond motifs is 1. The van der Waals surface area contributed by atoms with Crippen molar-refractivity contribution < 1.29 is 5.11 Å². The van der Waals surface area contributed by atoms with E-state index in [1.165, 1.54) is 0 Å². The lowest BCUT2D eigenvalue weighted by Crippen LogP contribution is -2.27. The molecule has 0 saturated heterocycles. The second-order valence-electron chi connectivity index (χ2n) is 4.63. The lowest BCUT2D eigenvalue weighted by molar-refractivity contribution is 0.455. The van der Waals surface area contributed by atoms with Gasteiger partial charge in [0.2, 0.25) is 0 Å². The lowest BCUT2D eigenvalue weighted by Gasteiger charge is -2.15. The van der Waals surface area contributed by atoms with Gasteiger partial charge in [-0.05, 0) is 23.3 Å². The summed E-state index contributed by atoms with van der Waals surface area (Å²) in [7, 11) is 0. The zero-order chi connectivity index (χ0) is 13.7. The molecule has 0 saturated carbocycles. The number of phenolic OH excluding ortho intramolecular Hbond substituents is 1. The number of phenols is 1. The maximum atomic E-state index is 10.0. The Morgan fingerprint density at radius 1 is 1.26 bits per heavy atom. The van der Waals surface area contributed by atoms with E-state index in [1.807, 2.05) is 30.3 Å². The molecule has 1 unspecified atom stereocenters. The van der Waals surface area contributed by atoms with Crippen molar-refractivity contribution in [3.63, 3.8) is 0 Å². The number of benzene rings is 2. The topological polar surface area (TPSA) is 56.0 Å². The van der Waals surface area contributed by atoms with E-state index in [0.717, 1.165) is 22.8 Å². The van der Waals surface area contributed by atoms with Crippen molar-refractivity contribution >= 4 is 10.8 Å². The van der Waals surface area contributed by atoms with Crippen LogP contribution in [0.25, 0.3) is 10.8 Å². The molecule has 0 aliphatic rings. The summed E-state index contributed by atoms with van der Waals surface area (Å²) in [6, 6.07) is 14.0. The van der Waals surface area contributed by atoms with Crippen LogP contribution in [0.15, 0.2) is 36.4 Å². The van der Waals surface area contributed by atoms with E-state index in [-0.39, 0.29) is 6.04 Å². The first-order valence-corrected chi connectivity index (χ1v) is 6.56. The standard InChI is InChI=1S/C16H18N2O/c1-2-13(9-10-17)18-11-15-14-6-4-3-5-12(14)7-8-16(15)19/h3-8,13,18-19H,2,9,11H2,1H3. The van der Waals surface area contributed by atoms with Crippen LogP contribution in [0.1, 0.15) is 25.3 Å². The molecular formula is C16H18N2O. The van der Waals surface area contributed by atoms with E-state index in [0.29, 0.717) is 18.7 Å². The van der Waals surface area contributed by atoms with Crippen molar-refractivity contribution in [1.82, 2.24) is 5.32 Å². The number of nitriles is 1. The van der Waals surface area contributed by atoms with E-state index < -0.39 is 0 Å². The summed E-state index contributed by atoms with van der Waals surface area (Å²) in [6.07, 6.45) is 1.39. The summed E-state index contributed by atoms with van der Waals surface area (Å²) in [5.74, 6) is 0.304. The molecule has 0 amide bonds. The lowest BCUT2D eigenvalue weighted by atomic mass is 10.0. The van der Waals surface area contributed by atoms with Gasteiger partial charge in [0.1, 0.15) is 5.75 Å². The van der Waals surface area contributed by atoms with Gasteiger partial charge in [0, 0.05) is 18.2 Å². The highest BCUT2D eigenvalue weighted by Gasteiger charge is 2.09. The van der Waals surface area contributed by atoms with Crippen molar-refractivity contribution in [3.8, 4) is 11.8 Å². The highest BCUT2D eigenvalue weighted by atomic mass is 16.3. The van der Waals surface area contributed by atoms with E-state index >= 15 is 0 Å². The summed E-state index contributed by atoms with van der Waals surface area (Å²) < 4.78 is 0. The molecule has 0 spiro atoms. The van der Waals surface area contributed by atoms with Gasteiger partial charge in [-0.15, -0.1) is 0 Å². The van der Waals surface area contributed by atoms with Crippen LogP contribution < -0.4 is 5.32 Å². The van der Waals surface area contributed by atoms with Crippen molar-refractivity contribution in [2.45, 2.75) is 32.4 Å². The molecule has 0 radical (unpaired) electrons. The largest absolute Gasteiger partial charge is 0.508 e. The maximum absolute atomic E-state index is 10.0. The van der Waals surface area contributed by atoms with Crippen LogP contribution in [0.3, 0.4) is 0 Å². The maximum Gasteiger partial charge on any atom is 0.120 e. The highest BCUT2D eigenvalue weighted by molar-refractivity contribution is 5.87. The second kappa shape index (κ2) is 6.21. The van der Waals surface area contributed by atoms with Crippen molar-refractivity contribution in [2.75, 3.05) is 0 Å². The molecule has 19 heavy (non-hydrogen) atoms. The molecule has 98 valence electrons. The predicted octanol–water partition coefficient (Wildman–Crippen LogP) is 3.33. The normalized spacial score (nSPS) is 12.2. The fourth-order valence-corrected chi connectivity index (χ4v) is 2.23. The van der Waals surface area contributed by atoms with Gasteiger partial charge in [-0.3, -0.25) is 0 Å². The third kappa shape index (κ3) is 3.04.